The average Bonchev–Trinajstić information content (AvgIpc) is 3.39. The van der Waals surface area contributed by atoms with Gasteiger partial charge in [0.2, 0.25) is 0 Å². The van der Waals surface area contributed by atoms with Gasteiger partial charge in [0.15, 0.2) is 0 Å². The van der Waals surface area contributed by atoms with Gasteiger partial charge in [-0.05, 0) is 17.7 Å². The minimum atomic E-state index is -0.128. The van der Waals surface area contributed by atoms with Crippen LogP contribution in [-0.4, -0.2) is 10.7 Å². The second-order valence-electron chi connectivity index (χ2n) is 7.60. The summed E-state index contributed by atoms with van der Waals surface area (Å²) < 4.78 is 6.61. The van der Waals surface area contributed by atoms with Crippen LogP contribution in [0.3, 0.4) is 0 Å². The van der Waals surface area contributed by atoms with Crippen LogP contribution in [0.5, 0.6) is 0 Å². The monoisotopic (exact) mass is 388 g/mol. The smallest absolute Gasteiger partial charge is 0.142 e. The van der Waals surface area contributed by atoms with Crippen molar-refractivity contribution in [3.63, 3.8) is 0 Å². The molecule has 2 aliphatic heterocycles. The van der Waals surface area contributed by atoms with Gasteiger partial charge in [0, 0.05) is 22.5 Å². The van der Waals surface area contributed by atoms with E-state index in [2.05, 4.69) is 90.0 Å². The molecule has 0 amide bonds. The fourth-order valence-corrected chi connectivity index (χ4v) is 4.49. The van der Waals surface area contributed by atoms with Crippen LogP contribution in [0.2, 0.25) is 0 Å². The summed E-state index contributed by atoms with van der Waals surface area (Å²) in [4.78, 5) is 7.36. The molecule has 3 heterocycles. The van der Waals surface area contributed by atoms with Crippen molar-refractivity contribution < 1.29 is 4.42 Å². The van der Waals surface area contributed by atoms with Gasteiger partial charge in [0.05, 0.1) is 6.04 Å². The van der Waals surface area contributed by atoms with Crippen molar-refractivity contribution in [3.05, 3.63) is 121 Å². The van der Waals surface area contributed by atoms with E-state index in [4.69, 9.17) is 9.41 Å². The van der Waals surface area contributed by atoms with Crippen molar-refractivity contribution >= 4 is 16.6 Å². The molecule has 0 spiro atoms. The average molecular weight is 388 g/mol. The Bertz CT molecular complexity index is 1300. The number of furan rings is 1. The molecule has 144 valence electrons. The van der Waals surface area contributed by atoms with Crippen LogP contribution in [0.25, 0.3) is 22.1 Å². The molecule has 0 fully saturated rings. The number of amidine groups is 1. The summed E-state index contributed by atoms with van der Waals surface area (Å²) in [6, 6.07) is 29.2. The highest BCUT2D eigenvalue weighted by atomic mass is 16.3. The lowest BCUT2D eigenvalue weighted by molar-refractivity contribution is 0.357. The van der Waals surface area contributed by atoms with E-state index in [1.807, 2.05) is 24.3 Å². The van der Waals surface area contributed by atoms with Crippen molar-refractivity contribution in [2.75, 3.05) is 0 Å². The van der Waals surface area contributed by atoms with Crippen molar-refractivity contribution in [2.24, 2.45) is 4.99 Å². The minimum Gasteiger partial charge on any atom is -0.457 e. The topological polar surface area (TPSA) is 28.7 Å². The summed E-state index contributed by atoms with van der Waals surface area (Å²) >= 11 is 0. The number of allylic oxidation sites excluding steroid dienone is 2. The predicted molar refractivity (Wildman–Crippen MR) is 121 cm³/mol. The first kappa shape index (κ1) is 17.0. The van der Waals surface area contributed by atoms with Crippen LogP contribution in [0.1, 0.15) is 23.4 Å². The molecule has 4 aromatic rings. The third kappa shape index (κ3) is 2.63. The zero-order valence-corrected chi connectivity index (χ0v) is 16.3. The summed E-state index contributed by atoms with van der Waals surface area (Å²) in [6.45, 7) is 0. The largest absolute Gasteiger partial charge is 0.457 e. The Balaban J connectivity index is 1.57. The molecule has 0 N–H and O–H groups in total. The molecule has 0 saturated carbocycles. The van der Waals surface area contributed by atoms with E-state index in [1.54, 1.807) is 0 Å². The molecular formula is C27H20N2O. The molecular weight excluding hydrogens is 368 g/mol. The van der Waals surface area contributed by atoms with Gasteiger partial charge in [-0.15, -0.1) is 0 Å². The van der Waals surface area contributed by atoms with Crippen LogP contribution in [0, 0.1) is 0 Å². The molecule has 2 atom stereocenters. The second kappa shape index (κ2) is 6.89. The third-order valence-electron chi connectivity index (χ3n) is 5.83. The maximum atomic E-state index is 6.61. The van der Waals surface area contributed by atoms with Gasteiger partial charge in [-0.25, -0.2) is 0 Å². The predicted octanol–water partition coefficient (Wildman–Crippen LogP) is 6.68. The van der Waals surface area contributed by atoms with Crippen LogP contribution < -0.4 is 0 Å². The van der Waals surface area contributed by atoms with Gasteiger partial charge in [-0.1, -0.05) is 91.0 Å². The number of aliphatic imine (C=N–C) groups is 1. The Morgan fingerprint density at radius 1 is 0.733 bits per heavy atom. The van der Waals surface area contributed by atoms with E-state index in [0.717, 1.165) is 33.7 Å². The van der Waals surface area contributed by atoms with Crippen LogP contribution in [0.4, 0.5) is 0 Å². The lowest BCUT2D eigenvalue weighted by Crippen LogP contribution is -2.26. The Labute approximate surface area is 175 Å². The van der Waals surface area contributed by atoms with E-state index < -0.39 is 0 Å². The molecule has 0 radical (unpaired) electrons. The van der Waals surface area contributed by atoms with Gasteiger partial charge in [0.25, 0.3) is 0 Å². The molecule has 30 heavy (non-hydrogen) atoms. The summed E-state index contributed by atoms with van der Waals surface area (Å²) in [5.41, 5.74) is 2.31. The maximum Gasteiger partial charge on any atom is 0.142 e. The van der Waals surface area contributed by atoms with Crippen LogP contribution >= 0.6 is 0 Å². The summed E-state index contributed by atoms with van der Waals surface area (Å²) in [6.07, 6.45) is 8.28. The first-order valence-electron chi connectivity index (χ1n) is 10.2. The zero-order chi connectivity index (χ0) is 19.9. The molecule has 3 nitrogen and oxygen atoms in total. The molecule has 0 saturated heterocycles. The van der Waals surface area contributed by atoms with Crippen molar-refractivity contribution in [3.8, 4) is 11.3 Å². The first-order chi connectivity index (χ1) is 14.9. The van der Waals surface area contributed by atoms with Gasteiger partial charge in [0.1, 0.15) is 23.4 Å². The highest BCUT2D eigenvalue weighted by molar-refractivity contribution is 5.99. The summed E-state index contributed by atoms with van der Waals surface area (Å²) in [7, 11) is 0. The highest BCUT2D eigenvalue weighted by Crippen LogP contribution is 2.47. The number of hydrogen-bond acceptors (Lipinski definition) is 3. The molecule has 3 heteroatoms. The Morgan fingerprint density at radius 2 is 1.43 bits per heavy atom. The normalized spacial score (nSPS) is 19.9. The zero-order valence-electron chi connectivity index (χ0n) is 16.3. The van der Waals surface area contributed by atoms with Crippen molar-refractivity contribution in [1.82, 2.24) is 4.90 Å². The van der Waals surface area contributed by atoms with Crippen molar-refractivity contribution in [1.29, 1.82) is 0 Å². The lowest BCUT2D eigenvalue weighted by Gasteiger charge is -2.27. The quantitative estimate of drug-likeness (QED) is 0.392. The molecule has 1 aromatic heterocycles. The molecule has 6 rings (SSSR count). The first-order valence-corrected chi connectivity index (χ1v) is 10.2. The Hall–Kier alpha value is -3.85. The second-order valence-corrected chi connectivity index (χ2v) is 7.60. The van der Waals surface area contributed by atoms with Gasteiger partial charge < -0.3 is 9.32 Å². The minimum absolute atomic E-state index is 0.0561. The summed E-state index contributed by atoms with van der Waals surface area (Å²) in [5.74, 6) is 2.80. The van der Waals surface area contributed by atoms with Crippen molar-refractivity contribution in [2.45, 2.75) is 12.1 Å². The summed E-state index contributed by atoms with van der Waals surface area (Å²) in [5, 5.41) is 2.25. The van der Waals surface area contributed by atoms with E-state index in [0.29, 0.717) is 0 Å². The van der Waals surface area contributed by atoms with Gasteiger partial charge in [-0.2, -0.15) is 0 Å². The van der Waals surface area contributed by atoms with Gasteiger partial charge in [-0.3, -0.25) is 4.99 Å². The lowest BCUT2D eigenvalue weighted by atomic mass is 9.95. The number of hydrogen-bond donors (Lipinski definition) is 0. The molecule has 2 unspecified atom stereocenters. The van der Waals surface area contributed by atoms with E-state index in [-0.39, 0.29) is 12.1 Å². The Morgan fingerprint density at radius 3 is 2.23 bits per heavy atom. The Kier molecular flexibility index (Phi) is 3.91. The standard InChI is InChI=1S/C27H20N2O/c1-3-11-19(12-4-1)25-24(28-23-17-9-10-18-29(23)25)27-22-16-8-7-15-21(22)26(30-27)20-13-5-2-6-14-20/h1-18,24-25H. The molecule has 0 bridgehead atoms. The van der Waals surface area contributed by atoms with Crippen LogP contribution in [0.15, 0.2) is 119 Å². The molecule has 3 aromatic carbocycles. The number of nitrogens with zero attached hydrogens (tertiary/aromatic N) is 2. The third-order valence-corrected chi connectivity index (χ3v) is 5.83. The molecule has 0 aliphatic carbocycles. The van der Waals surface area contributed by atoms with Crippen LogP contribution in [-0.2, 0) is 0 Å². The van der Waals surface area contributed by atoms with E-state index in [9.17, 15) is 0 Å². The highest BCUT2D eigenvalue weighted by Gasteiger charge is 2.40. The number of fused-ring (bicyclic) bond motifs is 2. The maximum absolute atomic E-state index is 6.61. The van der Waals surface area contributed by atoms with E-state index in [1.165, 1.54) is 5.56 Å². The SMILES string of the molecule is C1=CC2=NC(c3oc(-c4ccccc4)c4ccccc34)C(c3ccccc3)N2C=C1. The molecule has 2 aliphatic rings. The van der Waals surface area contributed by atoms with E-state index >= 15 is 0 Å². The van der Waals surface area contributed by atoms with Gasteiger partial charge >= 0.3 is 0 Å². The fourth-order valence-electron chi connectivity index (χ4n) is 4.49. The fraction of sp³-hybridized carbons (Fsp3) is 0.0741. The number of benzene rings is 3. The number of rotatable bonds is 3.